The predicted octanol–water partition coefficient (Wildman–Crippen LogP) is 4.73. The van der Waals surface area contributed by atoms with Gasteiger partial charge in [-0.2, -0.15) is 0 Å². The molecule has 1 unspecified atom stereocenters. The van der Waals surface area contributed by atoms with Crippen molar-refractivity contribution in [1.29, 1.82) is 0 Å². The van der Waals surface area contributed by atoms with Gasteiger partial charge < -0.3 is 9.26 Å². The standard InChI is InChI=1S/C21H18ClO3P/c1-24-21-17(14-23)12-19(13-20(21)22)26(18-10-6-3-7-11-18)25-15-16-8-4-2-5-9-16/h2-14H,15H2,1H3. The highest BCUT2D eigenvalue weighted by Gasteiger charge is 2.19. The van der Waals surface area contributed by atoms with Crippen LogP contribution in [0.25, 0.3) is 0 Å². The van der Waals surface area contributed by atoms with Crippen LogP contribution in [0.3, 0.4) is 0 Å². The predicted molar refractivity (Wildman–Crippen MR) is 107 cm³/mol. The number of carbonyl (C=O) groups is 1. The number of hydrogen-bond acceptors (Lipinski definition) is 3. The van der Waals surface area contributed by atoms with Gasteiger partial charge in [-0.05, 0) is 17.7 Å². The molecule has 132 valence electrons. The molecule has 0 fully saturated rings. The fraction of sp³-hybridized carbons (Fsp3) is 0.0952. The molecule has 0 saturated heterocycles. The zero-order chi connectivity index (χ0) is 18.4. The lowest BCUT2D eigenvalue weighted by Gasteiger charge is -2.20. The summed E-state index contributed by atoms with van der Waals surface area (Å²) in [4.78, 5) is 11.5. The topological polar surface area (TPSA) is 35.5 Å². The Hall–Kier alpha value is -2.19. The number of ether oxygens (including phenoxy) is 1. The highest BCUT2D eigenvalue weighted by molar-refractivity contribution is 7.68. The number of hydrogen-bond donors (Lipinski definition) is 0. The van der Waals surface area contributed by atoms with Crippen molar-refractivity contribution >= 4 is 36.6 Å². The number of rotatable bonds is 7. The Morgan fingerprint density at radius 2 is 1.62 bits per heavy atom. The van der Waals surface area contributed by atoms with Crippen LogP contribution in [0, 0.1) is 0 Å². The largest absolute Gasteiger partial charge is 0.494 e. The zero-order valence-electron chi connectivity index (χ0n) is 14.3. The van der Waals surface area contributed by atoms with Gasteiger partial charge in [0.1, 0.15) is 5.75 Å². The Morgan fingerprint density at radius 1 is 0.962 bits per heavy atom. The van der Waals surface area contributed by atoms with E-state index in [4.69, 9.17) is 20.9 Å². The van der Waals surface area contributed by atoms with Crippen LogP contribution in [0.5, 0.6) is 5.75 Å². The van der Waals surface area contributed by atoms with Gasteiger partial charge >= 0.3 is 0 Å². The Bertz CT molecular complexity index is 869. The molecule has 0 bridgehead atoms. The molecule has 3 aromatic rings. The summed E-state index contributed by atoms with van der Waals surface area (Å²) in [5.41, 5.74) is 1.51. The molecule has 3 rings (SSSR count). The lowest BCUT2D eigenvalue weighted by Crippen LogP contribution is -2.15. The van der Waals surface area contributed by atoms with Crippen LogP contribution < -0.4 is 15.3 Å². The average Bonchev–Trinajstić information content (AvgIpc) is 2.69. The molecular formula is C21H18ClO3P. The van der Waals surface area contributed by atoms with Gasteiger partial charge in [-0.1, -0.05) is 72.3 Å². The van der Waals surface area contributed by atoms with Crippen molar-refractivity contribution in [2.45, 2.75) is 6.61 Å². The second kappa shape index (κ2) is 8.95. The summed E-state index contributed by atoms with van der Waals surface area (Å²) in [5.74, 6) is 0.386. The molecule has 0 radical (unpaired) electrons. The number of carbonyl (C=O) groups excluding carboxylic acids is 1. The van der Waals surface area contributed by atoms with Crippen LogP contribution in [-0.2, 0) is 11.1 Å². The maximum absolute atomic E-state index is 11.5. The van der Waals surface area contributed by atoms with Gasteiger partial charge in [-0.3, -0.25) is 4.79 Å². The van der Waals surface area contributed by atoms with Gasteiger partial charge in [0, 0.05) is 10.6 Å². The molecule has 0 N–H and O–H groups in total. The molecule has 0 spiro atoms. The van der Waals surface area contributed by atoms with E-state index < -0.39 is 8.15 Å². The van der Waals surface area contributed by atoms with E-state index in [-0.39, 0.29) is 0 Å². The number of methoxy groups -OCH3 is 1. The molecular weight excluding hydrogens is 367 g/mol. The monoisotopic (exact) mass is 384 g/mol. The fourth-order valence-corrected chi connectivity index (χ4v) is 4.79. The minimum Gasteiger partial charge on any atom is -0.494 e. The summed E-state index contributed by atoms with van der Waals surface area (Å²) in [6, 6.07) is 23.6. The minimum atomic E-state index is -1.13. The van der Waals surface area contributed by atoms with E-state index in [1.165, 1.54) is 7.11 Å². The van der Waals surface area contributed by atoms with Crippen molar-refractivity contribution in [3.05, 3.63) is 88.9 Å². The van der Waals surface area contributed by atoms with Crippen LogP contribution in [0.4, 0.5) is 0 Å². The second-order valence-electron chi connectivity index (χ2n) is 5.56. The van der Waals surface area contributed by atoms with Gasteiger partial charge in [0.25, 0.3) is 0 Å². The molecule has 0 aromatic heterocycles. The summed E-state index contributed by atoms with van der Waals surface area (Å²) in [6.07, 6.45) is 0.754. The van der Waals surface area contributed by atoms with Gasteiger partial charge in [-0.25, -0.2) is 0 Å². The van der Waals surface area contributed by atoms with E-state index in [1.54, 1.807) is 6.07 Å². The van der Waals surface area contributed by atoms with Crippen molar-refractivity contribution in [3.8, 4) is 5.75 Å². The zero-order valence-corrected chi connectivity index (χ0v) is 15.9. The normalized spacial score (nSPS) is 11.8. The number of halogens is 1. The van der Waals surface area contributed by atoms with Crippen LogP contribution in [0.2, 0.25) is 5.02 Å². The number of benzene rings is 3. The molecule has 5 heteroatoms. The van der Waals surface area contributed by atoms with E-state index in [1.807, 2.05) is 66.7 Å². The van der Waals surface area contributed by atoms with E-state index >= 15 is 0 Å². The Kier molecular flexibility index (Phi) is 6.40. The Labute approximate surface area is 159 Å². The van der Waals surface area contributed by atoms with Gasteiger partial charge in [0.2, 0.25) is 0 Å². The first-order valence-electron chi connectivity index (χ1n) is 8.07. The van der Waals surface area contributed by atoms with E-state index in [0.717, 1.165) is 22.5 Å². The second-order valence-corrected chi connectivity index (χ2v) is 7.84. The minimum absolute atomic E-state index is 0.386. The van der Waals surface area contributed by atoms with Crippen molar-refractivity contribution in [2.75, 3.05) is 7.11 Å². The summed E-state index contributed by atoms with van der Waals surface area (Å²) in [5, 5.41) is 2.32. The molecule has 0 amide bonds. The van der Waals surface area contributed by atoms with Crippen molar-refractivity contribution in [1.82, 2.24) is 0 Å². The molecule has 0 aliphatic carbocycles. The maximum Gasteiger partial charge on any atom is 0.153 e. The van der Waals surface area contributed by atoms with Crippen LogP contribution >= 0.6 is 19.7 Å². The van der Waals surface area contributed by atoms with Crippen molar-refractivity contribution in [2.24, 2.45) is 0 Å². The summed E-state index contributed by atoms with van der Waals surface area (Å²) in [7, 11) is 0.371. The lowest BCUT2D eigenvalue weighted by atomic mass is 10.2. The third-order valence-corrected chi connectivity index (χ3v) is 5.98. The first-order chi connectivity index (χ1) is 12.7. The summed E-state index contributed by atoms with van der Waals surface area (Å²) >= 11 is 6.33. The highest BCUT2D eigenvalue weighted by atomic mass is 35.5. The van der Waals surface area contributed by atoms with Gasteiger partial charge in [0.05, 0.1) is 32.5 Å². The third kappa shape index (κ3) is 4.31. The first-order valence-corrected chi connectivity index (χ1v) is 9.71. The number of aldehydes is 1. The summed E-state index contributed by atoms with van der Waals surface area (Å²) < 4.78 is 11.5. The lowest BCUT2D eigenvalue weighted by molar-refractivity contribution is 0.112. The molecule has 3 nitrogen and oxygen atoms in total. The first kappa shape index (κ1) is 18.6. The average molecular weight is 385 g/mol. The highest BCUT2D eigenvalue weighted by Crippen LogP contribution is 2.39. The fourth-order valence-electron chi connectivity index (χ4n) is 2.59. The SMILES string of the molecule is COc1c(Cl)cc(P(OCc2ccccc2)c2ccccc2)cc1C=O. The summed E-state index contributed by atoms with van der Waals surface area (Å²) in [6.45, 7) is 0.474. The molecule has 0 heterocycles. The molecule has 26 heavy (non-hydrogen) atoms. The molecule has 0 aliphatic rings. The molecule has 0 saturated carbocycles. The van der Waals surface area contributed by atoms with Gasteiger partial charge in [-0.15, -0.1) is 0 Å². The maximum atomic E-state index is 11.5. The quantitative estimate of drug-likeness (QED) is 0.436. The van der Waals surface area contributed by atoms with Gasteiger partial charge in [0.15, 0.2) is 6.29 Å². The smallest absolute Gasteiger partial charge is 0.153 e. The molecule has 1 atom stereocenters. The third-order valence-electron chi connectivity index (χ3n) is 3.82. The van der Waals surface area contributed by atoms with E-state index in [9.17, 15) is 4.79 Å². The Morgan fingerprint density at radius 3 is 2.23 bits per heavy atom. The Balaban J connectivity index is 1.98. The van der Waals surface area contributed by atoms with Crippen LogP contribution in [0.15, 0.2) is 72.8 Å². The molecule has 3 aromatic carbocycles. The van der Waals surface area contributed by atoms with Crippen molar-refractivity contribution < 1.29 is 14.1 Å². The molecule has 0 aliphatic heterocycles. The van der Waals surface area contributed by atoms with Crippen molar-refractivity contribution in [3.63, 3.8) is 0 Å². The van der Waals surface area contributed by atoms with Crippen LogP contribution in [-0.4, -0.2) is 13.4 Å². The van der Waals surface area contributed by atoms with Crippen LogP contribution in [0.1, 0.15) is 15.9 Å². The van der Waals surface area contributed by atoms with E-state index in [0.29, 0.717) is 22.9 Å². The van der Waals surface area contributed by atoms with E-state index in [2.05, 4.69) is 0 Å².